The molecular formula is C22H32O4Si. The quantitative estimate of drug-likeness (QED) is 0.623. The van der Waals surface area contributed by atoms with Gasteiger partial charge in [-0.25, -0.2) is 0 Å². The number of fused-ring (bicyclic) bond motifs is 5. The fraction of sp³-hybridized carbons (Fsp3) is 0.636. The lowest BCUT2D eigenvalue weighted by atomic mass is 9.63. The van der Waals surface area contributed by atoms with Crippen LogP contribution in [0.4, 0.5) is 0 Å². The van der Waals surface area contributed by atoms with Gasteiger partial charge in [0.1, 0.15) is 17.5 Å². The molecule has 4 nitrogen and oxygen atoms in total. The van der Waals surface area contributed by atoms with Gasteiger partial charge >= 0.3 is 0 Å². The van der Waals surface area contributed by atoms with Crippen molar-refractivity contribution in [3.05, 3.63) is 41.6 Å². The Labute approximate surface area is 163 Å². The molecule has 5 unspecified atom stereocenters. The highest BCUT2D eigenvalue weighted by atomic mass is 28.3. The van der Waals surface area contributed by atoms with E-state index >= 15 is 0 Å². The first-order valence-corrected chi connectivity index (χ1v) is 13.5. The predicted octanol–water partition coefficient (Wildman–Crippen LogP) is 4.11. The van der Waals surface area contributed by atoms with Crippen molar-refractivity contribution >= 4 is 8.07 Å². The van der Waals surface area contributed by atoms with Gasteiger partial charge in [0.15, 0.2) is 5.79 Å². The third-order valence-electron chi connectivity index (χ3n) is 7.35. The number of methoxy groups -OCH3 is 2. The van der Waals surface area contributed by atoms with Crippen LogP contribution in [0.1, 0.15) is 30.7 Å². The largest absolute Gasteiger partial charge is 0.486 e. The van der Waals surface area contributed by atoms with Gasteiger partial charge in [0.05, 0.1) is 8.07 Å². The summed E-state index contributed by atoms with van der Waals surface area (Å²) in [4.78, 5) is 0. The van der Waals surface area contributed by atoms with E-state index in [2.05, 4.69) is 38.4 Å². The Bertz CT molecular complexity index is 751. The zero-order valence-electron chi connectivity index (χ0n) is 17.1. The Morgan fingerprint density at radius 3 is 2.52 bits per heavy atom. The fourth-order valence-electron chi connectivity index (χ4n) is 5.89. The second-order valence-electron chi connectivity index (χ2n) is 9.49. The van der Waals surface area contributed by atoms with E-state index in [0.29, 0.717) is 12.3 Å². The number of benzene rings is 1. The topological polar surface area (TPSA) is 47.9 Å². The lowest BCUT2D eigenvalue weighted by Gasteiger charge is -2.52. The smallest absolute Gasteiger partial charge is 0.170 e. The Balaban J connectivity index is 1.85. The van der Waals surface area contributed by atoms with E-state index in [1.807, 2.05) is 12.1 Å². The molecule has 2 aliphatic carbocycles. The Kier molecular flexibility index (Phi) is 4.39. The molecule has 1 aromatic rings. The van der Waals surface area contributed by atoms with Crippen LogP contribution in [-0.4, -0.2) is 44.9 Å². The third-order valence-corrected chi connectivity index (χ3v) is 9.59. The maximum atomic E-state index is 12.1. The third kappa shape index (κ3) is 2.59. The van der Waals surface area contributed by atoms with E-state index in [0.717, 1.165) is 23.8 Å². The highest BCUT2D eigenvalue weighted by Crippen LogP contribution is 2.63. The molecule has 5 heteroatoms. The highest BCUT2D eigenvalue weighted by molar-refractivity contribution is 6.83. The number of rotatable bonds is 4. The molecule has 1 aromatic carbocycles. The summed E-state index contributed by atoms with van der Waals surface area (Å²) in [6.45, 7) is 11.1. The molecule has 27 heavy (non-hydrogen) atoms. The first kappa shape index (κ1) is 19.2. The minimum atomic E-state index is -1.80. The van der Waals surface area contributed by atoms with E-state index in [9.17, 15) is 5.11 Å². The van der Waals surface area contributed by atoms with Crippen molar-refractivity contribution in [3.8, 4) is 5.75 Å². The van der Waals surface area contributed by atoms with E-state index in [4.69, 9.17) is 14.2 Å². The number of ether oxygens (including phenoxy) is 3. The molecule has 5 atom stereocenters. The summed E-state index contributed by atoms with van der Waals surface area (Å²) in [7, 11) is 1.65. The first-order chi connectivity index (χ1) is 12.7. The summed E-state index contributed by atoms with van der Waals surface area (Å²) in [6, 6.07) is 8.24. The summed E-state index contributed by atoms with van der Waals surface area (Å²) in [6.07, 6.45) is 2.16. The van der Waals surface area contributed by atoms with Crippen LogP contribution in [0.5, 0.6) is 5.75 Å². The lowest BCUT2D eigenvalue weighted by Crippen LogP contribution is -2.61. The lowest BCUT2D eigenvalue weighted by molar-refractivity contribution is -0.249. The number of aliphatic hydroxyl groups is 1. The summed E-state index contributed by atoms with van der Waals surface area (Å²) < 4.78 is 18.3. The van der Waals surface area contributed by atoms with E-state index in [1.54, 1.807) is 14.2 Å². The molecule has 0 radical (unpaired) electrons. The van der Waals surface area contributed by atoms with Crippen molar-refractivity contribution in [2.75, 3.05) is 14.2 Å². The molecule has 2 fully saturated rings. The predicted molar refractivity (Wildman–Crippen MR) is 109 cm³/mol. The van der Waals surface area contributed by atoms with Crippen molar-refractivity contribution in [2.45, 2.75) is 62.3 Å². The number of hydrogen-bond acceptors (Lipinski definition) is 4. The molecule has 2 saturated carbocycles. The molecule has 1 N–H and O–H groups in total. The Morgan fingerprint density at radius 1 is 1.22 bits per heavy atom. The van der Waals surface area contributed by atoms with Gasteiger partial charge in [0.25, 0.3) is 0 Å². The first-order valence-electron chi connectivity index (χ1n) is 9.96. The van der Waals surface area contributed by atoms with Crippen LogP contribution < -0.4 is 4.74 Å². The van der Waals surface area contributed by atoms with Gasteiger partial charge in [0, 0.05) is 38.0 Å². The molecule has 0 spiro atoms. The van der Waals surface area contributed by atoms with Gasteiger partial charge in [-0.15, -0.1) is 6.58 Å². The molecule has 0 saturated heterocycles. The maximum absolute atomic E-state index is 12.1. The monoisotopic (exact) mass is 388 g/mol. The Morgan fingerprint density at radius 2 is 1.89 bits per heavy atom. The van der Waals surface area contributed by atoms with Crippen LogP contribution in [-0.2, 0) is 9.47 Å². The number of para-hydroxylation sites is 1. The molecule has 148 valence electrons. The van der Waals surface area contributed by atoms with Gasteiger partial charge in [-0.1, -0.05) is 43.0 Å². The SMILES string of the molecule is C=C(C1(O)CC2C(CCC2(OC)OC)C2c3ccccc3OC21)[Si](C)(C)C. The second-order valence-corrected chi connectivity index (χ2v) is 14.6. The normalized spacial score (nSPS) is 36.5. The molecular weight excluding hydrogens is 356 g/mol. The van der Waals surface area contributed by atoms with E-state index < -0.39 is 19.5 Å². The minimum absolute atomic E-state index is 0.113. The summed E-state index contributed by atoms with van der Waals surface area (Å²) in [5, 5.41) is 13.0. The summed E-state index contributed by atoms with van der Waals surface area (Å²) in [5.41, 5.74) is 0.143. The van der Waals surface area contributed by atoms with Crippen LogP contribution in [0.25, 0.3) is 0 Å². The van der Waals surface area contributed by atoms with Crippen LogP contribution in [0.2, 0.25) is 19.6 Å². The van der Waals surface area contributed by atoms with E-state index in [-0.39, 0.29) is 17.9 Å². The number of hydrogen-bond donors (Lipinski definition) is 1. The van der Waals surface area contributed by atoms with Crippen LogP contribution >= 0.6 is 0 Å². The average Bonchev–Trinajstić information content (AvgIpc) is 3.19. The molecule has 0 bridgehead atoms. The van der Waals surface area contributed by atoms with Gasteiger partial charge in [-0.05, 0) is 24.8 Å². The van der Waals surface area contributed by atoms with Crippen LogP contribution in [0.15, 0.2) is 36.0 Å². The van der Waals surface area contributed by atoms with Crippen molar-refractivity contribution in [1.29, 1.82) is 0 Å². The van der Waals surface area contributed by atoms with Gasteiger partial charge in [0.2, 0.25) is 0 Å². The summed E-state index contributed by atoms with van der Waals surface area (Å²) >= 11 is 0. The Hall–Kier alpha value is -1.14. The van der Waals surface area contributed by atoms with Crippen LogP contribution in [0, 0.1) is 11.8 Å². The van der Waals surface area contributed by atoms with Crippen molar-refractivity contribution in [3.63, 3.8) is 0 Å². The molecule has 1 heterocycles. The van der Waals surface area contributed by atoms with Crippen LogP contribution in [0.3, 0.4) is 0 Å². The molecule has 0 amide bonds. The molecule has 0 aromatic heterocycles. The molecule has 3 aliphatic rings. The fourth-order valence-corrected chi connectivity index (χ4v) is 7.43. The van der Waals surface area contributed by atoms with E-state index in [1.165, 1.54) is 5.56 Å². The molecule has 4 rings (SSSR count). The van der Waals surface area contributed by atoms with Gasteiger partial charge in [-0.2, -0.15) is 0 Å². The van der Waals surface area contributed by atoms with Gasteiger partial charge in [-0.3, -0.25) is 0 Å². The minimum Gasteiger partial charge on any atom is -0.486 e. The second kappa shape index (κ2) is 6.18. The maximum Gasteiger partial charge on any atom is 0.170 e. The zero-order valence-corrected chi connectivity index (χ0v) is 18.1. The standard InChI is InChI=1S/C22H32O4Si/c1-14(27(4,5)6)21(23)13-17-15(11-12-22(17,24-2)25-3)19-16-9-7-8-10-18(16)26-20(19)21/h7-10,15,17,19-20,23H,1,11-13H2,2-6H3. The summed E-state index contributed by atoms with van der Waals surface area (Å²) in [5.74, 6) is 0.892. The van der Waals surface area contributed by atoms with Gasteiger partial charge < -0.3 is 19.3 Å². The zero-order chi connectivity index (χ0) is 19.6. The van der Waals surface area contributed by atoms with Crippen molar-refractivity contribution in [2.24, 2.45) is 11.8 Å². The van der Waals surface area contributed by atoms with Crippen molar-refractivity contribution in [1.82, 2.24) is 0 Å². The molecule has 1 aliphatic heterocycles. The average molecular weight is 389 g/mol. The highest BCUT2D eigenvalue weighted by Gasteiger charge is 2.66. The van der Waals surface area contributed by atoms with Crippen molar-refractivity contribution < 1.29 is 19.3 Å².